The van der Waals surface area contributed by atoms with Gasteiger partial charge in [-0.1, -0.05) is 86.6 Å². The van der Waals surface area contributed by atoms with E-state index in [1.165, 1.54) is 0 Å². The van der Waals surface area contributed by atoms with E-state index < -0.39 is 40.2 Å². The van der Waals surface area contributed by atoms with E-state index in [1.807, 2.05) is 44.2 Å². The maximum Gasteiger partial charge on any atom is 0.200 e. The molecule has 1 N–H and O–H groups in total. The van der Waals surface area contributed by atoms with E-state index in [-0.39, 0.29) is 11.3 Å². The average molecular weight is 481 g/mol. The van der Waals surface area contributed by atoms with Gasteiger partial charge >= 0.3 is 0 Å². The third kappa shape index (κ3) is 4.30. The molecule has 0 radical (unpaired) electrons. The number of phenolic OH excluding ortho intramolecular Hbond substituents is 1. The predicted molar refractivity (Wildman–Crippen MR) is 126 cm³/mol. The highest BCUT2D eigenvalue weighted by atomic mass is 19.2. The first-order valence-corrected chi connectivity index (χ1v) is 10.7. The summed E-state index contributed by atoms with van der Waals surface area (Å²) >= 11 is 0. The average Bonchev–Trinajstić information content (AvgIpc) is 2.87. The molecule has 0 aliphatic rings. The van der Waals surface area contributed by atoms with Gasteiger partial charge in [-0.2, -0.15) is 0 Å². The Morgan fingerprint density at radius 1 is 0.686 bits per heavy atom. The van der Waals surface area contributed by atoms with E-state index >= 15 is 0 Å². The van der Waals surface area contributed by atoms with E-state index in [1.54, 1.807) is 42.5 Å². The van der Waals surface area contributed by atoms with Crippen LogP contribution in [-0.2, 0) is 5.41 Å². The number of nitrogens with zero attached hydrogens (tertiary/aromatic N) is 1. The lowest BCUT2D eigenvalue weighted by Crippen LogP contribution is -2.19. The van der Waals surface area contributed by atoms with E-state index in [0.717, 1.165) is 11.8 Å². The van der Waals surface area contributed by atoms with E-state index in [0.29, 0.717) is 16.7 Å². The van der Waals surface area contributed by atoms with Gasteiger partial charge in [0.15, 0.2) is 23.3 Å². The molecule has 0 heterocycles. The van der Waals surface area contributed by atoms with Gasteiger partial charge < -0.3 is 5.11 Å². The zero-order valence-corrected chi connectivity index (χ0v) is 18.8. The maximum atomic E-state index is 14.2. The Hall–Kier alpha value is -4.00. The van der Waals surface area contributed by atoms with Gasteiger partial charge in [0, 0.05) is 22.8 Å². The van der Waals surface area contributed by atoms with Gasteiger partial charge in [-0.3, -0.25) is 0 Å². The van der Waals surface area contributed by atoms with Crippen LogP contribution in [0, 0.1) is 29.1 Å². The monoisotopic (exact) mass is 481 g/mol. The molecule has 7 heteroatoms. The zero-order valence-electron chi connectivity index (χ0n) is 18.8. The Morgan fingerprint density at radius 3 is 1.77 bits per heavy atom. The molecule has 0 amide bonds. The molecule has 178 valence electrons. The van der Waals surface area contributed by atoms with Crippen molar-refractivity contribution in [1.29, 1.82) is 0 Å². The fraction of sp³-hybridized carbons (Fsp3) is 0.107. The number of benzene rings is 4. The Labute approximate surface area is 199 Å². The molecule has 0 aromatic heterocycles. The number of hydrogen-bond acceptors (Lipinski definition) is 2. The highest BCUT2D eigenvalue weighted by Gasteiger charge is 2.29. The number of rotatable bonds is 5. The summed E-state index contributed by atoms with van der Waals surface area (Å²) in [5, 5.41) is 11.3. The van der Waals surface area contributed by atoms with E-state index in [9.17, 15) is 27.1 Å². The van der Waals surface area contributed by atoms with Crippen molar-refractivity contribution in [3.05, 3.63) is 119 Å². The molecule has 0 fully saturated rings. The van der Waals surface area contributed by atoms with Gasteiger partial charge in [-0.15, -0.1) is 0 Å². The van der Waals surface area contributed by atoms with Crippen molar-refractivity contribution in [3.8, 4) is 16.9 Å². The van der Waals surface area contributed by atoms with Crippen LogP contribution in [0.5, 0.6) is 5.75 Å². The van der Waals surface area contributed by atoms with Crippen LogP contribution in [0.15, 0.2) is 77.8 Å². The van der Waals surface area contributed by atoms with Crippen LogP contribution in [0.25, 0.3) is 11.1 Å². The third-order valence-electron chi connectivity index (χ3n) is 5.98. The molecule has 0 bridgehead atoms. The molecule has 0 aliphatic heterocycles. The minimum atomic E-state index is -2.27. The van der Waals surface area contributed by atoms with Crippen LogP contribution in [0.2, 0.25) is 0 Å². The second-order valence-electron chi connectivity index (χ2n) is 8.46. The molecule has 35 heavy (non-hydrogen) atoms. The summed E-state index contributed by atoms with van der Waals surface area (Å²) in [7, 11) is 0. The fourth-order valence-electron chi connectivity index (χ4n) is 3.96. The predicted octanol–water partition coefficient (Wildman–Crippen LogP) is 7.83. The molecule has 2 nitrogen and oxygen atoms in total. The lowest BCUT2D eigenvalue weighted by atomic mass is 9.76. The minimum Gasteiger partial charge on any atom is -0.507 e. The van der Waals surface area contributed by atoms with Gasteiger partial charge in [0.05, 0.1) is 0 Å². The quantitative estimate of drug-likeness (QED) is 0.134. The summed E-state index contributed by atoms with van der Waals surface area (Å²) in [6, 6.07) is 21.7. The first-order valence-electron chi connectivity index (χ1n) is 10.7. The largest absolute Gasteiger partial charge is 0.507 e. The van der Waals surface area contributed by atoms with Gasteiger partial charge in [0.2, 0.25) is 5.82 Å². The van der Waals surface area contributed by atoms with Crippen molar-refractivity contribution < 1.29 is 27.1 Å². The first-order chi connectivity index (χ1) is 16.6. The molecule has 0 atom stereocenters. The second kappa shape index (κ2) is 9.33. The summed E-state index contributed by atoms with van der Waals surface area (Å²) in [4.78, 5) is 3.60. The number of aromatic hydroxyl groups is 1. The SMILES string of the molecule is CC(C)(c1ccccc1)c1ccc(-c2ccccc2)c(C=Nc2c(F)c(F)c(F)c(F)c2F)c1O. The Bertz CT molecular complexity index is 1390. The zero-order chi connectivity index (χ0) is 25.3. The van der Waals surface area contributed by atoms with Crippen LogP contribution in [0.4, 0.5) is 27.6 Å². The molecule has 0 spiro atoms. The van der Waals surface area contributed by atoms with Crippen molar-refractivity contribution in [2.75, 3.05) is 0 Å². The van der Waals surface area contributed by atoms with E-state index in [4.69, 9.17) is 0 Å². The van der Waals surface area contributed by atoms with Crippen molar-refractivity contribution in [2.45, 2.75) is 19.3 Å². The molecule has 4 aromatic rings. The van der Waals surface area contributed by atoms with Crippen LogP contribution in [0.3, 0.4) is 0 Å². The number of aliphatic imine (C=N–C) groups is 1. The summed E-state index contributed by atoms with van der Waals surface area (Å²) in [6.07, 6.45) is 0.917. The summed E-state index contributed by atoms with van der Waals surface area (Å²) in [5.41, 5.74) is 0.546. The van der Waals surface area contributed by atoms with Crippen LogP contribution < -0.4 is 0 Å². The Kier molecular flexibility index (Phi) is 6.43. The van der Waals surface area contributed by atoms with Crippen molar-refractivity contribution in [3.63, 3.8) is 0 Å². The Morgan fingerprint density at radius 2 is 1.20 bits per heavy atom. The first kappa shape index (κ1) is 24.1. The van der Waals surface area contributed by atoms with Crippen molar-refractivity contribution >= 4 is 11.9 Å². The molecule has 0 aliphatic carbocycles. The number of hydrogen-bond donors (Lipinski definition) is 1. The summed E-state index contributed by atoms with van der Waals surface area (Å²) in [5.74, 6) is -10.8. The normalized spacial score (nSPS) is 11.9. The smallest absolute Gasteiger partial charge is 0.200 e. The highest BCUT2D eigenvalue weighted by molar-refractivity contribution is 5.95. The van der Waals surface area contributed by atoms with Crippen molar-refractivity contribution in [1.82, 2.24) is 0 Å². The number of halogens is 5. The minimum absolute atomic E-state index is 0.0710. The maximum absolute atomic E-state index is 14.2. The Balaban J connectivity index is 1.94. The van der Waals surface area contributed by atoms with Crippen molar-refractivity contribution in [2.24, 2.45) is 4.99 Å². The van der Waals surface area contributed by atoms with Gasteiger partial charge in [-0.25, -0.2) is 26.9 Å². The lowest BCUT2D eigenvalue weighted by Gasteiger charge is -2.28. The third-order valence-corrected chi connectivity index (χ3v) is 5.98. The number of phenols is 1. The fourth-order valence-corrected chi connectivity index (χ4v) is 3.96. The lowest BCUT2D eigenvalue weighted by molar-refractivity contribution is 0.381. The van der Waals surface area contributed by atoms with E-state index in [2.05, 4.69) is 4.99 Å². The molecule has 4 aromatic carbocycles. The van der Waals surface area contributed by atoms with Gasteiger partial charge in [0.1, 0.15) is 11.4 Å². The standard InChI is InChI=1S/C28H20F5NO/c1-28(2,17-11-7-4-8-12-17)20-14-13-18(16-9-5-3-6-10-16)19(27(20)35)15-34-26-24(32)22(30)21(29)23(31)25(26)33/h3-15,35H,1-2H3. The summed E-state index contributed by atoms with van der Waals surface area (Å²) in [6.45, 7) is 3.79. The second-order valence-corrected chi connectivity index (χ2v) is 8.46. The molecule has 0 saturated heterocycles. The summed E-state index contributed by atoms with van der Waals surface area (Å²) < 4.78 is 69.2. The highest BCUT2D eigenvalue weighted by Crippen LogP contribution is 2.41. The molecule has 0 saturated carbocycles. The van der Waals surface area contributed by atoms with Crippen LogP contribution >= 0.6 is 0 Å². The van der Waals surface area contributed by atoms with Gasteiger partial charge in [0.25, 0.3) is 0 Å². The van der Waals surface area contributed by atoms with Crippen LogP contribution in [-0.4, -0.2) is 11.3 Å². The molecular formula is C28H20F5NO. The van der Waals surface area contributed by atoms with Gasteiger partial charge in [-0.05, 0) is 16.7 Å². The topological polar surface area (TPSA) is 32.6 Å². The molecule has 4 rings (SSSR count). The molecule has 0 unspecified atom stereocenters. The molecular weight excluding hydrogens is 461 g/mol. The van der Waals surface area contributed by atoms with Crippen LogP contribution in [0.1, 0.15) is 30.5 Å².